The molecular formula is C17H22N4OS. The van der Waals surface area contributed by atoms with Gasteiger partial charge < -0.3 is 15.2 Å². The minimum absolute atomic E-state index is 0.0789. The highest BCUT2D eigenvalue weighted by atomic mass is 32.2. The number of aromatic nitrogens is 2. The second kappa shape index (κ2) is 7.55. The molecule has 23 heavy (non-hydrogen) atoms. The Bertz CT molecular complexity index is 644. The van der Waals surface area contributed by atoms with Crippen LogP contribution in [0.4, 0.5) is 4.79 Å². The van der Waals surface area contributed by atoms with Gasteiger partial charge in [-0.15, -0.1) is 0 Å². The maximum absolute atomic E-state index is 12.0. The van der Waals surface area contributed by atoms with Crippen LogP contribution in [0.5, 0.6) is 0 Å². The standard InChI is InChI=1S/C17H22N4OS/c1-23-16-6-5-14(10-16)20-17(22)19-11-13-3-2-4-15(9-13)21-8-7-18-12-21/h2-4,7-9,12,14,16H,5-6,10-11H2,1H3,(H2,19,20,22)/t14-,16+/m0/s1. The fourth-order valence-electron chi connectivity index (χ4n) is 2.94. The summed E-state index contributed by atoms with van der Waals surface area (Å²) in [4.78, 5) is 16.1. The highest BCUT2D eigenvalue weighted by Gasteiger charge is 2.24. The smallest absolute Gasteiger partial charge is 0.315 e. The van der Waals surface area contributed by atoms with E-state index >= 15 is 0 Å². The van der Waals surface area contributed by atoms with Crippen LogP contribution in [0.3, 0.4) is 0 Å². The fraction of sp³-hybridized carbons (Fsp3) is 0.412. The van der Waals surface area contributed by atoms with Crippen molar-refractivity contribution in [1.29, 1.82) is 0 Å². The molecule has 1 aliphatic carbocycles. The van der Waals surface area contributed by atoms with Gasteiger partial charge in [0.25, 0.3) is 0 Å². The molecule has 0 radical (unpaired) electrons. The molecule has 122 valence electrons. The molecule has 0 saturated heterocycles. The van der Waals surface area contributed by atoms with Crippen molar-refractivity contribution in [3.05, 3.63) is 48.5 Å². The number of nitrogens with zero attached hydrogens (tertiary/aromatic N) is 2. The summed E-state index contributed by atoms with van der Waals surface area (Å²) in [5.74, 6) is 0. The van der Waals surface area contributed by atoms with E-state index in [1.807, 2.05) is 40.7 Å². The average molecular weight is 330 g/mol. The van der Waals surface area contributed by atoms with Gasteiger partial charge in [-0.05, 0) is 43.2 Å². The molecule has 1 saturated carbocycles. The number of amides is 2. The van der Waals surface area contributed by atoms with Gasteiger partial charge in [0.2, 0.25) is 0 Å². The van der Waals surface area contributed by atoms with E-state index in [1.165, 1.54) is 6.42 Å². The molecule has 6 heteroatoms. The number of benzene rings is 1. The SMILES string of the molecule is CS[C@@H]1CC[C@H](NC(=O)NCc2cccc(-n3ccnc3)c2)C1. The molecule has 0 unspecified atom stereocenters. The van der Waals surface area contributed by atoms with Gasteiger partial charge in [0, 0.05) is 35.9 Å². The minimum Gasteiger partial charge on any atom is -0.335 e. The van der Waals surface area contributed by atoms with Crippen LogP contribution in [0.2, 0.25) is 0 Å². The predicted octanol–water partition coefficient (Wildman–Crippen LogP) is 2.96. The summed E-state index contributed by atoms with van der Waals surface area (Å²) in [6, 6.07) is 8.31. The van der Waals surface area contributed by atoms with Crippen LogP contribution in [-0.2, 0) is 6.54 Å². The second-order valence-corrected chi connectivity index (χ2v) is 6.97. The van der Waals surface area contributed by atoms with Crippen molar-refractivity contribution in [3.63, 3.8) is 0 Å². The zero-order valence-corrected chi connectivity index (χ0v) is 14.1. The van der Waals surface area contributed by atoms with Gasteiger partial charge in [0.15, 0.2) is 0 Å². The Morgan fingerprint density at radius 3 is 3.09 bits per heavy atom. The summed E-state index contributed by atoms with van der Waals surface area (Å²) in [5.41, 5.74) is 2.11. The van der Waals surface area contributed by atoms with E-state index in [9.17, 15) is 4.79 Å². The van der Waals surface area contributed by atoms with Crippen LogP contribution in [-0.4, -0.2) is 33.1 Å². The summed E-state index contributed by atoms with van der Waals surface area (Å²) in [7, 11) is 0. The van der Waals surface area contributed by atoms with Gasteiger partial charge in [-0.25, -0.2) is 9.78 Å². The quantitative estimate of drug-likeness (QED) is 0.886. The molecule has 0 aliphatic heterocycles. The lowest BCUT2D eigenvalue weighted by atomic mass is 10.2. The Morgan fingerprint density at radius 2 is 2.35 bits per heavy atom. The number of nitrogens with one attached hydrogen (secondary N) is 2. The monoisotopic (exact) mass is 330 g/mol. The number of hydrogen-bond donors (Lipinski definition) is 2. The molecule has 3 rings (SSSR count). The molecule has 5 nitrogen and oxygen atoms in total. The topological polar surface area (TPSA) is 59.0 Å². The Morgan fingerprint density at radius 1 is 1.43 bits per heavy atom. The highest BCUT2D eigenvalue weighted by Crippen LogP contribution is 2.27. The molecule has 2 amide bonds. The largest absolute Gasteiger partial charge is 0.335 e. The number of thioether (sulfide) groups is 1. The third-order valence-electron chi connectivity index (χ3n) is 4.22. The molecule has 2 atom stereocenters. The van der Waals surface area contributed by atoms with E-state index in [1.54, 1.807) is 12.5 Å². The lowest BCUT2D eigenvalue weighted by molar-refractivity contribution is 0.236. The molecule has 1 fully saturated rings. The fourth-order valence-corrected chi connectivity index (χ4v) is 3.74. The maximum Gasteiger partial charge on any atom is 0.315 e. The van der Waals surface area contributed by atoms with E-state index < -0.39 is 0 Å². The van der Waals surface area contributed by atoms with Crippen molar-refractivity contribution in [1.82, 2.24) is 20.2 Å². The Kier molecular flexibility index (Phi) is 5.23. The third-order valence-corrected chi connectivity index (χ3v) is 5.31. The number of hydrogen-bond acceptors (Lipinski definition) is 3. The summed E-state index contributed by atoms with van der Waals surface area (Å²) >= 11 is 1.89. The average Bonchev–Trinajstić information content (AvgIpc) is 3.25. The van der Waals surface area contributed by atoms with Gasteiger partial charge in [0.05, 0.1) is 6.33 Å². The second-order valence-electron chi connectivity index (χ2n) is 5.83. The van der Waals surface area contributed by atoms with E-state index in [0.29, 0.717) is 17.8 Å². The van der Waals surface area contributed by atoms with Crippen LogP contribution in [0.1, 0.15) is 24.8 Å². The molecular weight excluding hydrogens is 308 g/mol. The number of imidazole rings is 1. The Labute approximate surface area is 140 Å². The first-order valence-corrected chi connectivity index (χ1v) is 9.18. The third kappa shape index (κ3) is 4.28. The first-order chi connectivity index (χ1) is 11.2. The maximum atomic E-state index is 12.0. The number of urea groups is 1. The first-order valence-electron chi connectivity index (χ1n) is 7.89. The van der Waals surface area contributed by atoms with E-state index in [2.05, 4.69) is 27.9 Å². The Balaban J connectivity index is 1.50. The number of carbonyl (C=O) groups is 1. The van der Waals surface area contributed by atoms with Crippen LogP contribution >= 0.6 is 11.8 Å². The van der Waals surface area contributed by atoms with Gasteiger partial charge >= 0.3 is 6.03 Å². The van der Waals surface area contributed by atoms with Crippen molar-refractivity contribution < 1.29 is 4.79 Å². The van der Waals surface area contributed by atoms with Gasteiger partial charge in [0.1, 0.15) is 0 Å². The molecule has 2 aromatic rings. The van der Waals surface area contributed by atoms with Crippen LogP contribution in [0.25, 0.3) is 5.69 Å². The van der Waals surface area contributed by atoms with Crippen molar-refractivity contribution in [2.24, 2.45) is 0 Å². The van der Waals surface area contributed by atoms with Crippen molar-refractivity contribution in [3.8, 4) is 5.69 Å². The molecule has 2 N–H and O–H groups in total. The van der Waals surface area contributed by atoms with Crippen molar-refractivity contribution in [2.75, 3.05) is 6.26 Å². The summed E-state index contributed by atoms with van der Waals surface area (Å²) in [6.07, 6.45) is 10.9. The van der Waals surface area contributed by atoms with Crippen molar-refractivity contribution >= 4 is 17.8 Å². The normalized spacial score (nSPS) is 20.4. The molecule has 1 aliphatic rings. The van der Waals surface area contributed by atoms with E-state index in [-0.39, 0.29) is 6.03 Å². The molecule has 1 aromatic heterocycles. The minimum atomic E-state index is -0.0789. The lowest BCUT2D eigenvalue weighted by Gasteiger charge is -2.14. The van der Waals surface area contributed by atoms with Crippen LogP contribution in [0, 0.1) is 0 Å². The molecule has 0 spiro atoms. The first kappa shape index (κ1) is 15.9. The van der Waals surface area contributed by atoms with E-state index in [0.717, 1.165) is 24.1 Å². The summed E-state index contributed by atoms with van der Waals surface area (Å²) in [6.45, 7) is 0.521. The van der Waals surface area contributed by atoms with Crippen LogP contribution < -0.4 is 10.6 Å². The Hall–Kier alpha value is -1.95. The zero-order valence-electron chi connectivity index (χ0n) is 13.2. The highest BCUT2D eigenvalue weighted by molar-refractivity contribution is 7.99. The van der Waals surface area contributed by atoms with Gasteiger partial charge in [-0.1, -0.05) is 12.1 Å². The zero-order chi connectivity index (χ0) is 16.1. The van der Waals surface area contributed by atoms with Gasteiger partial charge in [-0.2, -0.15) is 11.8 Å². The summed E-state index contributed by atoms with van der Waals surface area (Å²) < 4.78 is 1.95. The molecule has 1 aromatic carbocycles. The predicted molar refractivity (Wildman–Crippen MR) is 93.9 cm³/mol. The number of carbonyl (C=O) groups excluding carboxylic acids is 1. The molecule has 1 heterocycles. The lowest BCUT2D eigenvalue weighted by Crippen LogP contribution is -2.40. The van der Waals surface area contributed by atoms with Gasteiger partial charge in [-0.3, -0.25) is 0 Å². The van der Waals surface area contributed by atoms with E-state index in [4.69, 9.17) is 0 Å². The summed E-state index contributed by atoms with van der Waals surface area (Å²) in [5, 5.41) is 6.71. The van der Waals surface area contributed by atoms with Crippen LogP contribution in [0.15, 0.2) is 43.0 Å². The number of rotatable bonds is 5. The molecule has 0 bridgehead atoms. The van der Waals surface area contributed by atoms with Crippen molar-refractivity contribution in [2.45, 2.75) is 37.1 Å².